The first-order valence-corrected chi connectivity index (χ1v) is 23.4. The van der Waals surface area contributed by atoms with Crippen molar-refractivity contribution in [3.63, 3.8) is 0 Å². The Bertz CT molecular complexity index is 2270. The van der Waals surface area contributed by atoms with Crippen LogP contribution >= 0.6 is 0 Å². The monoisotopic (exact) mass is 975 g/mol. The minimum absolute atomic E-state index is 0.0112. The predicted molar refractivity (Wildman–Crippen MR) is 263 cm³/mol. The van der Waals surface area contributed by atoms with Gasteiger partial charge in [0.15, 0.2) is 5.96 Å². The highest BCUT2D eigenvalue weighted by molar-refractivity contribution is 5.98. The zero-order valence-corrected chi connectivity index (χ0v) is 40.1. The Hall–Kier alpha value is -7.56. The van der Waals surface area contributed by atoms with E-state index in [1.54, 1.807) is 36.5 Å². The molecule has 382 valence electrons. The number of primary amides is 1. The molecule has 0 aliphatic carbocycles. The smallest absolute Gasteiger partial charge is 0.243 e. The highest BCUT2D eigenvalue weighted by atomic mass is 16.2. The summed E-state index contributed by atoms with van der Waals surface area (Å²) in [5, 5.41) is 21.4. The molecule has 23 nitrogen and oxygen atoms in total. The van der Waals surface area contributed by atoms with E-state index in [4.69, 9.17) is 22.9 Å². The number of fused-ring (bicyclic) bond motifs is 1. The van der Waals surface area contributed by atoms with Crippen molar-refractivity contribution in [2.45, 2.75) is 121 Å². The van der Waals surface area contributed by atoms with Crippen molar-refractivity contribution in [3.05, 3.63) is 71.9 Å². The van der Waals surface area contributed by atoms with Crippen LogP contribution in [0.3, 0.4) is 0 Å². The second-order valence-electron chi connectivity index (χ2n) is 16.7. The van der Waals surface area contributed by atoms with Gasteiger partial charge in [0.05, 0.1) is 6.54 Å². The van der Waals surface area contributed by atoms with Crippen molar-refractivity contribution in [1.82, 2.24) is 47.5 Å². The van der Waals surface area contributed by atoms with E-state index in [-0.39, 0.29) is 77.0 Å². The summed E-state index contributed by atoms with van der Waals surface area (Å²) in [6, 6.07) is 7.87. The molecule has 3 unspecified atom stereocenters. The summed E-state index contributed by atoms with van der Waals surface area (Å²) >= 11 is 0. The number of hydrogen-bond acceptors (Lipinski definition) is 11. The van der Waals surface area contributed by atoms with Crippen LogP contribution in [0.1, 0.15) is 83.3 Å². The van der Waals surface area contributed by atoms with Gasteiger partial charge in [-0.15, -0.1) is 0 Å². The number of nitrogens with one attached hydrogen (secondary N) is 9. The van der Waals surface area contributed by atoms with Crippen LogP contribution in [0, 0.1) is 0 Å². The summed E-state index contributed by atoms with van der Waals surface area (Å²) in [6.07, 6.45) is 3.38. The molecule has 0 saturated carbocycles. The molecular weight excluding hydrogens is 905 g/mol. The minimum atomic E-state index is -1.43. The van der Waals surface area contributed by atoms with Crippen molar-refractivity contribution in [2.24, 2.45) is 27.9 Å². The number of rotatable bonds is 17. The Morgan fingerprint density at radius 1 is 0.786 bits per heavy atom. The van der Waals surface area contributed by atoms with Crippen LogP contribution < -0.4 is 65.5 Å². The molecule has 0 spiro atoms. The van der Waals surface area contributed by atoms with Crippen molar-refractivity contribution < 1.29 is 43.2 Å². The van der Waals surface area contributed by atoms with E-state index in [9.17, 15) is 43.2 Å². The molecular formula is C47H70N14O9. The second-order valence-corrected chi connectivity index (χ2v) is 16.7. The number of aliphatic imine (C=N–C) groups is 1. The number of carbonyl (C=O) groups excluding carboxylic acids is 9. The van der Waals surface area contributed by atoms with Crippen molar-refractivity contribution in [2.75, 3.05) is 26.2 Å². The van der Waals surface area contributed by atoms with Crippen LogP contribution in [-0.4, -0.2) is 127 Å². The number of amides is 9. The Balaban J connectivity index is 0.00000311. The summed E-state index contributed by atoms with van der Waals surface area (Å²) in [7, 11) is 0. The molecule has 1 saturated heterocycles. The van der Waals surface area contributed by atoms with Gasteiger partial charge in [-0.3, -0.25) is 48.1 Å². The maximum atomic E-state index is 14.3. The lowest BCUT2D eigenvalue weighted by atomic mass is 10.0. The molecule has 4 rings (SSSR count). The van der Waals surface area contributed by atoms with Gasteiger partial charge < -0.3 is 70.5 Å². The number of carbonyl (C=O) groups is 9. The largest absolute Gasteiger partial charge is 0.370 e. The molecule has 2 heterocycles. The Kier molecular flexibility index (Phi) is 24.4. The van der Waals surface area contributed by atoms with E-state index in [0.29, 0.717) is 11.1 Å². The topological polar surface area (TPSA) is 382 Å². The van der Waals surface area contributed by atoms with Gasteiger partial charge in [0.1, 0.15) is 36.3 Å². The van der Waals surface area contributed by atoms with Gasteiger partial charge >= 0.3 is 0 Å². The molecule has 70 heavy (non-hydrogen) atoms. The van der Waals surface area contributed by atoms with Gasteiger partial charge in [-0.05, 0) is 55.8 Å². The highest BCUT2D eigenvalue weighted by Crippen LogP contribution is 2.19. The second kappa shape index (κ2) is 30.0. The van der Waals surface area contributed by atoms with E-state index >= 15 is 0 Å². The van der Waals surface area contributed by atoms with Crippen LogP contribution in [0.4, 0.5) is 0 Å². The van der Waals surface area contributed by atoms with Gasteiger partial charge in [-0.25, -0.2) is 0 Å². The van der Waals surface area contributed by atoms with Crippen molar-refractivity contribution in [3.8, 4) is 0 Å². The van der Waals surface area contributed by atoms with Crippen molar-refractivity contribution >= 4 is 70.0 Å². The van der Waals surface area contributed by atoms with E-state index < -0.39 is 96.0 Å². The fourth-order valence-corrected chi connectivity index (χ4v) is 7.08. The van der Waals surface area contributed by atoms with Crippen LogP contribution in [-0.2, 0) is 56.0 Å². The molecule has 9 amide bonds. The normalized spacial score (nSPS) is 19.8. The van der Waals surface area contributed by atoms with E-state index in [1.807, 2.05) is 24.3 Å². The van der Waals surface area contributed by atoms with Gasteiger partial charge in [0, 0.05) is 56.4 Å². The van der Waals surface area contributed by atoms with Crippen LogP contribution in [0.5, 0.6) is 0 Å². The fourth-order valence-electron chi connectivity index (χ4n) is 7.08. The molecule has 17 N–H and O–H groups in total. The SMILES string of the molecule is CC(=O)NCC(=O)NC1CCC(=O)NCCC(C(=O)N[C@@H](Cc2c[nH]c3ccccc23)C(N)=O)NC(=O)[C@H](CCCN=C(N)N)NC(=O)C(Cc2ccccc2)NC(=O)[C@H](CCN)NC1=O.CCCC. The zero-order valence-electron chi connectivity index (χ0n) is 40.1. The maximum Gasteiger partial charge on any atom is 0.243 e. The lowest BCUT2D eigenvalue weighted by Gasteiger charge is -2.27. The lowest BCUT2D eigenvalue weighted by molar-refractivity contribution is -0.135. The Labute approximate surface area is 407 Å². The molecule has 1 fully saturated rings. The summed E-state index contributed by atoms with van der Waals surface area (Å²) in [6.45, 7) is 4.82. The first kappa shape index (κ1) is 56.8. The number of aromatic nitrogens is 1. The van der Waals surface area contributed by atoms with Crippen molar-refractivity contribution in [1.29, 1.82) is 0 Å². The third kappa shape index (κ3) is 20.0. The molecule has 1 aromatic heterocycles. The van der Waals surface area contributed by atoms with Crippen LogP contribution in [0.25, 0.3) is 10.9 Å². The highest BCUT2D eigenvalue weighted by Gasteiger charge is 2.34. The van der Waals surface area contributed by atoms with E-state index in [0.717, 1.165) is 10.9 Å². The number of unbranched alkanes of at least 4 members (excludes halogenated alkanes) is 1. The first-order valence-electron chi connectivity index (χ1n) is 23.4. The van der Waals surface area contributed by atoms with E-state index in [2.05, 4.69) is 66.4 Å². The standard InChI is InChI=1S/C43H60N14O9.C4H10/c1-24(58)50-23-36(60)52-30-13-14-35(59)48-19-16-32(41(65)56-33(37(45)61)21-26-22-51-28-11-6-5-10-27(26)28)55-38(62)29(12-7-18-49-43(46)47)53-42(66)34(20-25-8-3-2-4-9-25)57-40(64)31(15-17-44)54-39(30)63;1-3-4-2/h2-6,8-11,22,29-34,51H,7,12-21,23,44H2,1H3,(H2,45,61)(H,48,59)(H,50,58)(H,52,60)(H,53,66)(H,54,63)(H,55,62)(H,56,65)(H,57,64)(H4,46,47,49);3-4H2,1-2H3/t29-,30?,31-,32?,33-,34?;/m0./s1. The first-order chi connectivity index (χ1) is 33.4. The molecule has 2 aromatic carbocycles. The number of benzene rings is 2. The summed E-state index contributed by atoms with van der Waals surface area (Å²) in [4.78, 5) is 128. The predicted octanol–water partition coefficient (Wildman–Crippen LogP) is -2.01. The van der Waals surface area contributed by atoms with Gasteiger partial charge in [-0.1, -0.05) is 75.2 Å². The average Bonchev–Trinajstić information content (AvgIpc) is 3.74. The van der Waals surface area contributed by atoms with Gasteiger partial charge in [0.25, 0.3) is 0 Å². The third-order valence-electron chi connectivity index (χ3n) is 11.0. The van der Waals surface area contributed by atoms with Crippen LogP contribution in [0.2, 0.25) is 0 Å². The number of aromatic amines is 1. The molecule has 6 atom stereocenters. The van der Waals surface area contributed by atoms with E-state index in [1.165, 1.54) is 19.8 Å². The fraction of sp³-hybridized carbons (Fsp3) is 0.489. The molecule has 1 aliphatic rings. The number of nitrogens with two attached hydrogens (primary N) is 4. The quantitative estimate of drug-likeness (QED) is 0.0397. The number of H-pyrrole nitrogens is 1. The number of guanidine groups is 1. The van der Waals surface area contributed by atoms with Crippen LogP contribution in [0.15, 0.2) is 65.8 Å². The lowest BCUT2D eigenvalue weighted by Crippen LogP contribution is -2.60. The zero-order chi connectivity index (χ0) is 51.6. The Morgan fingerprint density at radius 2 is 1.41 bits per heavy atom. The number of para-hydroxylation sites is 1. The molecule has 0 bridgehead atoms. The molecule has 23 heteroatoms. The average molecular weight is 975 g/mol. The summed E-state index contributed by atoms with van der Waals surface area (Å²) in [5.41, 5.74) is 24.7. The van der Waals surface area contributed by atoms with Gasteiger partial charge in [-0.2, -0.15) is 0 Å². The van der Waals surface area contributed by atoms with Gasteiger partial charge in [0.2, 0.25) is 53.2 Å². The number of nitrogens with zero attached hydrogens (tertiary/aromatic N) is 1. The molecule has 0 radical (unpaired) electrons. The Morgan fingerprint density at radius 3 is 2.07 bits per heavy atom. The summed E-state index contributed by atoms with van der Waals surface area (Å²) < 4.78 is 0. The minimum Gasteiger partial charge on any atom is -0.370 e. The summed E-state index contributed by atoms with van der Waals surface area (Å²) in [5.74, 6) is -7.13. The number of hydrogen-bond donors (Lipinski definition) is 13. The molecule has 3 aromatic rings. The molecule has 1 aliphatic heterocycles. The maximum absolute atomic E-state index is 14.3. The third-order valence-corrected chi connectivity index (χ3v) is 11.0.